The maximum atomic E-state index is 12.6. The molecule has 2 aliphatic carbocycles. The van der Waals surface area contributed by atoms with Gasteiger partial charge in [-0.1, -0.05) is 12.8 Å². The van der Waals surface area contributed by atoms with Crippen LogP contribution < -0.4 is 21.3 Å². The first-order valence-electron chi connectivity index (χ1n) is 12.8. The van der Waals surface area contributed by atoms with E-state index in [1.54, 1.807) is 14.1 Å². The highest BCUT2D eigenvalue weighted by Gasteiger charge is 2.26. The number of aryl methyl sites for hydroxylation is 2. The van der Waals surface area contributed by atoms with Crippen molar-refractivity contribution in [1.29, 1.82) is 0 Å². The van der Waals surface area contributed by atoms with E-state index >= 15 is 0 Å². The van der Waals surface area contributed by atoms with Crippen LogP contribution in [0, 0.1) is 0 Å². The molecule has 0 atom stereocenters. The van der Waals surface area contributed by atoms with E-state index in [1.165, 1.54) is 22.7 Å². The number of thiophene rings is 2. The average Bonchev–Trinajstić information content (AvgIpc) is 3.16. The molecule has 0 fully saturated rings. The highest BCUT2D eigenvalue weighted by atomic mass is 32.1. The molecule has 4 amide bonds. The number of rotatable bonds is 8. The fourth-order valence-corrected chi connectivity index (χ4v) is 7.56. The Balaban J connectivity index is 1.35. The summed E-state index contributed by atoms with van der Waals surface area (Å²) in [5, 5.41) is 12.0. The molecule has 4 rings (SSSR count). The Bertz CT molecular complexity index is 1100. The summed E-state index contributed by atoms with van der Waals surface area (Å²) in [6.45, 7) is -0.654. The summed E-state index contributed by atoms with van der Waals surface area (Å²) in [5.41, 5.74) is 3.13. The standard InChI is InChI=1S/C26H34N4O5S2/c1-27-23(33)21-15-9-5-3-7-11-17(15)36-25(21)29-19(31)13-35-14-20(32)30-26-22(24(34)28-2)16-10-6-4-8-12-18(16)37-26/h3-14H2,1-2H3,(H,27,33)(H,28,34)(H,29,31)(H,30,32). The van der Waals surface area contributed by atoms with Gasteiger partial charge in [-0.25, -0.2) is 0 Å². The number of fused-ring (bicyclic) bond motifs is 2. The number of hydrogen-bond acceptors (Lipinski definition) is 7. The highest BCUT2D eigenvalue weighted by molar-refractivity contribution is 7.17. The lowest BCUT2D eigenvalue weighted by Crippen LogP contribution is -2.26. The Kier molecular flexibility index (Phi) is 9.33. The summed E-state index contributed by atoms with van der Waals surface area (Å²) in [4.78, 5) is 52.6. The first-order chi connectivity index (χ1) is 17.9. The van der Waals surface area contributed by atoms with Gasteiger partial charge in [0.2, 0.25) is 0 Å². The van der Waals surface area contributed by atoms with Crippen LogP contribution in [-0.4, -0.2) is 50.9 Å². The van der Waals surface area contributed by atoms with E-state index in [2.05, 4.69) is 21.3 Å². The third kappa shape index (κ3) is 6.39. The van der Waals surface area contributed by atoms with Crippen molar-refractivity contribution in [3.8, 4) is 0 Å². The molecule has 0 bridgehead atoms. The van der Waals surface area contributed by atoms with Gasteiger partial charge in [0.15, 0.2) is 0 Å². The number of ether oxygens (including phenoxy) is 1. The molecule has 0 aliphatic heterocycles. The van der Waals surface area contributed by atoms with E-state index in [4.69, 9.17) is 4.74 Å². The van der Waals surface area contributed by atoms with Crippen molar-refractivity contribution in [2.45, 2.75) is 64.2 Å². The SMILES string of the molecule is CNC(=O)c1c(NC(=O)COCC(=O)Nc2sc3c(c2C(=O)NC)CCCCC3)sc2c1CCCCC2. The van der Waals surface area contributed by atoms with Crippen molar-refractivity contribution in [3.05, 3.63) is 32.0 Å². The minimum atomic E-state index is -0.428. The highest BCUT2D eigenvalue weighted by Crippen LogP contribution is 2.38. The van der Waals surface area contributed by atoms with Crippen LogP contribution in [0.4, 0.5) is 10.0 Å². The topological polar surface area (TPSA) is 126 Å². The summed E-state index contributed by atoms with van der Waals surface area (Å²) in [6, 6.07) is 0. The molecule has 0 radical (unpaired) electrons. The van der Waals surface area contributed by atoms with Crippen molar-refractivity contribution in [2.24, 2.45) is 0 Å². The van der Waals surface area contributed by atoms with Gasteiger partial charge in [-0.05, 0) is 62.5 Å². The minimum absolute atomic E-state index is 0.212. The molecular formula is C26H34N4O5S2. The van der Waals surface area contributed by atoms with Crippen LogP contribution in [-0.2, 0) is 40.0 Å². The van der Waals surface area contributed by atoms with Crippen molar-refractivity contribution >= 4 is 56.3 Å². The maximum absolute atomic E-state index is 12.6. The zero-order chi connectivity index (χ0) is 26.4. The Labute approximate surface area is 224 Å². The monoisotopic (exact) mass is 546 g/mol. The van der Waals surface area contributed by atoms with Crippen molar-refractivity contribution in [3.63, 3.8) is 0 Å². The zero-order valence-corrected chi connectivity index (χ0v) is 23.0. The maximum Gasteiger partial charge on any atom is 0.254 e. The zero-order valence-electron chi connectivity index (χ0n) is 21.3. The molecule has 4 N–H and O–H groups in total. The average molecular weight is 547 g/mol. The molecular weight excluding hydrogens is 512 g/mol. The summed E-state index contributed by atoms with van der Waals surface area (Å²) in [5.74, 6) is -1.28. The molecule has 0 saturated heterocycles. The van der Waals surface area contributed by atoms with E-state index < -0.39 is 11.8 Å². The number of nitrogens with one attached hydrogen (secondary N) is 4. The van der Waals surface area contributed by atoms with E-state index in [-0.39, 0.29) is 25.0 Å². The Morgan fingerprint density at radius 1 is 0.649 bits per heavy atom. The molecule has 200 valence electrons. The number of anilines is 2. The number of hydrogen-bond donors (Lipinski definition) is 4. The number of amides is 4. The van der Waals surface area contributed by atoms with Crippen molar-refractivity contribution in [1.82, 2.24) is 10.6 Å². The Hall–Kier alpha value is -2.76. The molecule has 2 aliphatic rings. The van der Waals surface area contributed by atoms with Crippen LogP contribution in [0.5, 0.6) is 0 Å². The summed E-state index contributed by atoms with van der Waals surface area (Å²) < 4.78 is 5.38. The van der Waals surface area contributed by atoms with Gasteiger partial charge >= 0.3 is 0 Å². The second-order valence-corrected chi connectivity index (χ2v) is 11.5. The molecule has 2 heterocycles. The predicted octanol–water partition coefficient (Wildman–Crippen LogP) is 3.66. The molecule has 0 unspecified atom stereocenters. The van der Waals surface area contributed by atoms with Gasteiger partial charge in [0.25, 0.3) is 23.6 Å². The summed E-state index contributed by atoms with van der Waals surface area (Å²) in [6.07, 6.45) is 9.90. The van der Waals surface area contributed by atoms with Crippen LogP contribution in [0.1, 0.15) is 80.1 Å². The van der Waals surface area contributed by atoms with Gasteiger partial charge in [-0.3, -0.25) is 19.2 Å². The first kappa shape index (κ1) is 27.3. The van der Waals surface area contributed by atoms with Gasteiger partial charge in [-0.15, -0.1) is 22.7 Å². The van der Waals surface area contributed by atoms with Gasteiger partial charge in [-0.2, -0.15) is 0 Å². The fourth-order valence-electron chi connectivity index (χ4n) is 4.95. The third-order valence-corrected chi connectivity index (χ3v) is 9.14. The lowest BCUT2D eigenvalue weighted by atomic mass is 10.0. The third-order valence-electron chi connectivity index (χ3n) is 6.72. The quantitative estimate of drug-likeness (QED) is 0.376. The van der Waals surface area contributed by atoms with Crippen LogP contribution in [0.25, 0.3) is 0 Å². The molecule has 11 heteroatoms. The second-order valence-electron chi connectivity index (χ2n) is 9.28. The molecule has 0 spiro atoms. The lowest BCUT2D eigenvalue weighted by molar-refractivity contribution is -0.125. The Morgan fingerprint density at radius 3 is 1.46 bits per heavy atom. The summed E-state index contributed by atoms with van der Waals surface area (Å²) in [7, 11) is 3.16. The Morgan fingerprint density at radius 2 is 1.05 bits per heavy atom. The lowest BCUT2D eigenvalue weighted by Gasteiger charge is -2.09. The minimum Gasteiger partial charge on any atom is -0.362 e. The molecule has 0 aromatic carbocycles. The summed E-state index contributed by atoms with van der Waals surface area (Å²) >= 11 is 2.89. The van der Waals surface area contributed by atoms with Crippen LogP contribution in [0.3, 0.4) is 0 Å². The normalized spacial score (nSPS) is 15.0. The van der Waals surface area contributed by atoms with E-state index in [0.717, 1.165) is 85.1 Å². The fraction of sp³-hybridized carbons (Fsp3) is 0.538. The van der Waals surface area contributed by atoms with E-state index in [0.29, 0.717) is 21.1 Å². The smallest absolute Gasteiger partial charge is 0.254 e. The van der Waals surface area contributed by atoms with E-state index in [9.17, 15) is 19.2 Å². The van der Waals surface area contributed by atoms with Gasteiger partial charge < -0.3 is 26.0 Å². The molecule has 2 aromatic heterocycles. The van der Waals surface area contributed by atoms with Crippen molar-refractivity contribution in [2.75, 3.05) is 37.9 Å². The van der Waals surface area contributed by atoms with Crippen molar-refractivity contribution < 1.29 is 23.9 Å². The van der Waals surface area contributed by atoms with E-state index in [1.807, 2.05) is 0 Å². The van der Waals surface area contributed by atoms with Gasteiger partial charge in [0.05, 0.1) is 11.1 Å². The van der Waals surface area contributed by atoms with Crippen LogP contribution in [0.2, 0.25) is 0 Å². The van der Waals surface area contributed by atoms with Crippen LogP contribution >= 0.6 is 22.7 Å². The first-order valence-corrected chi connectivity index (χ1v) is 14.5. The van der Waals surface area contributed by atoms with Gasteiger partial charge in [0.1, 0.15) is 23.2 Å². The van der Waals surface area contributed by atoms with Crippen LogP contribution in [0.15, 0.2) is 0 Å². The number of carbonyl (C=O) groups excluding carboxylic acids is 4. The van der Waals surface area contributed by atoms with Gasteiger partial charge in [0, 0.05) is 23.8 Å². The molecule has 37 heavy (non-hydrogen) atoms. The largest absolute Gasteiger partial charge is 0.362 e. The predicted molar refractivity (Wildman–Crippen MR) is 146 cm³/mol. The molecule has 0 saturated carbocycles. The molecule has 2 aromatic rings. The second kappa shape index (κ2) is 12.7. The number of carbonyl (C=O) groups is 4. The molecule has 9 nitrogen and oxygen atoms in total.